The molecule has 0 fully saturated rings. The lowest BCUT2D eigenvalue weighted by Crippen LogP contribution is -2.55. The zero-order valence-corrected chi connectivity index (χ0v) is 86.3. The van der Waals surface area contributed by atoms with Crippen molar-refractivity contribution in [3.05, 3.63) is 172 Å². The molecule has 0 unspecified atom stereocenters. The van der Waals surface area contributed by atoms with Crippen LogP contribution in [0.5, 0.6) is 23.0 Å². The third-order valence-corrected chi connectivity index (χ3v) is 22.4. The molecule has 0 aliphatic heterocycles. The number of nitrogens with one attached hydrogen (secondary N) is 5. The number of ether oxygens (including phenoxy) is 5. The van der Waals surface area contributed by atoms with E-state index in [9.17, 15) is 28.8 Å². The van der Waals surface area contributed by atoms with E-state index in [4.69, 9.17) is 80.7 Å². The van der Waals surface area contributed by atoms with Gasteiger partial charge in [0, 0.05) is 129 Å². The number of hydrogen-bond donors (Lipinski definition) is 8. The van der Waals surface area contributed by atoms with Crippen LogP contribution in [0.4, 0.5) is 34.1 Å². The molecule has 0 spiro atoms. The zero-order valence-electron chi connectivity index (χ0n) is 84.0. The molecule has 744 valence electrons. The predicted octanol–water partition coefficient (Wildman–Crippen LogP) is 21.4. The van der Waals surface area contributed by atoms with E-state index in [0.29, 0.717) is 114 Å². The molecule has 137 heavy (non-hydrogen) atoms. The molecule has 0 saturated carbocycles. The van der Waals surface area contributed by atoms with E-state index in [1.807, 2.05) is 138 Å². The molecule has 8 aromatic heterocycles. The molecule has 0 aliphatic rings. The number of nitrogens with zero attached hydrogens (tertiary/aromatic N) is 13. The molecule has 35 heteroatoms. The number of nitrogens with two attached hydrogens (primary N) is 3. The monoisotopic (exact) mass is 1940 g/mol. The molecule has 11 N–H and O–H groups in total. The summed E-state index contributed by atoms with van der Waals surface area (Å²) in [5, 5.41) is 17.4. The van der Waals surface area contributed by atoms with Crippen molar-refractivity contribution >= 4 is 143 Å². The molecule has 8 heterocycles. The summed E-state index contributed by atoms with van der Waals surface area (Å²) in [6.45, 7) is 36.3. The topological polar surface area (TPSA) is 445 Å². The van der Waals surface area contributed by atoms with Crippen LogP contribution in [0.15, 0.2) is 140 Å². The summed E-state index contributed by atoms with van der Waals surface area (Å²) in [7, 11) is 6.50. The number of carbonyl (C=O) groups is 6. The fourth-order valence-electron chi connectivity index (χ4n) is 14.9. The number of fused-ring (bicyclic) bond motifs is 4. The maximum absolute atomic E-state index is 12.2. The maximum atomic E-state index is 12.2. The number of nitrogen functional groups attached to an aromatic ring is 1. The average molecular weight is 1950 g/mol. The van der Waals surface area contributed by atoms with Crippen molar-refractivity contribution in [3.63, 3.8) is 0 Å². The van der Waals surface area contributed by atoms with Crippen molar-refractivity contribution in [3.8, 4) is 23.0 Å². The summed E-state index contributed by atoms with van der Waals surface area (Å²) in [5.41, 5.74) is 23.7. The Morgan fingerprint density at radius 1 is 0.423 bits per heavy atom. The van der Waals surface area contributed by atoms with Gasteiger partial charge in [-0.1, -0.05) is 115 Å². The number of alkyl carbamates (subject to hydrolysis) is 1. The molecule has 5 atom stereocenters. The fraction of sp³-hybridized carbons (Fsp3) is 0.490. The molecule has 2 amide bonds. The summed E-state index contributed by atoms with van der Waals surface area (Å²) in [5.74, 6) is 6.40. The summed E-state index contributed by atoms with van der Waals surface area (Å²) in [4.78, 5) is 122. The number of hydrogen-bond acceptors (Lipinski definition) is 30. The van der Waals surface area contributed by atoms with Gasteiger partial charge in [-0.25, -0.2) is 29.7 Å². The van der Waals surface area contributed by atoms with E-state index in [1.54, 1.807) is 105 Å². The van der Waals surface area contributed by atoms with Crippen LogP contribution < -0.4 is 62.7 Å². The molecular formula is C102H144Cl3N21O11. The number of benzene rings is 3. The Labute approximate surface area is 823 Å². The van der Waals surface area contributed by atoms with Crippen molar-refractivity contribution in [1.29, 1.82) is 0 Å². The average Bonchev–Trinajstić information content (AvgIpc) is 0.792. The minimum absolute atomic E-state index is 0.0165. The van der Waals surface area contributed by atoms with Gasteiger partial charge in [0.15, 0.2) is 22.6 Å². The second kappa shape index (κ2) is 57.3. The van der Waals surface area contributed by atoms with E-state index in [0.717, 1.165) is 135 Å². The molecule has 0 aliphatic carbocycles. The number of anilines is 5. The van der Waals surface area contributed by atoms with E-state index in [2.05, 4.69) is 137 Å². The second-order valence-corrected chi connectivity index (χ2v) is 37.2. The van der Waals surface area contributed by atoms with Crippen LogP contribution in [0, 0.1) is 0 Å². The Balaban J connectivity index is 0.000000291. The lowest BCUT2D eigenvalue weighted by atomic mass is 9.89. The van der Waals surface area contributed by atoms with Crippen LogP contribution in [-0.4, -0.2) is 168 Å². The first kappa shape index (κ1) is 116. The van der Waals surface area contributed by atoms with Gasteiger partial charge >= 0.3 is 6.09 Å². The Bertz CT molecular complexity index is 5550. The Morgan fingerprint density at radius 3 is 1.24 bits per heavy atom. The van der Waals surface area contributed by atoms with E-state index < -0.39 is 17.2 Å². The number of rotatable bonds is 41. The summed E-state index contributed by atoms with van der Waals surface area (Å²) < 4.78 is 26.3. The number of Topliss-reactive ketones (excluding diaryl/α,β-unsaturated/α-hetero) is 4. The number of carbonyl (C=O) groups excluding carboxylic acids is 6. The minimum atomic E-state index is -0.554. The standard InChI is InChI=1S/C25H33N5O3.C20H32N2O3.C16H21ClN4O.C16H23N5O.C9H13NO2.C9H19NO.C7H3Cl2N3/c1-6-12-25(3,13-11-17(2)31)30-23-22-20(8-7-14-26-22)28-24(29-23)27-16-18-9-10-19(32-4)15-21(18)33-5;1-7-13-20(6,21-18(24)25-19(3,4)5)15-22(16(2)23)14-17-11-9-8-10-12-17;2*1-4-8-16(3,9-7-11(2)22)21-14-13-12(6-5-10-18-13)19-15(17)20-14;1-11-8-4-3-7(6-10)9(5-8)12-2;1-4-6-9(3,10)7-5-8(2)11;8-6-5-4(2-1-3-10-5)11-7(9)12-6/h7-10,14-15H,6,11-13,16H2,1-5H3,(H2,27,28,29,30);8-12H,7,13-15H2,1-6H3,(H,21,24);5-6,10H,4,7-9H2,1-3H3,(H,19,20,21);5-6,10H,4,7-9H2,1-3H3,(H3,17,19,20,21);3-5H,6,10H2,1-2H3;4-7,10H2,1-3H3;1-3H/t25-;20-;2*16-;;9-;/m1111.1./s1. The largest absolute Gasteiger partial charge is 0.497 e. The number of methoxy groups -OCH3 is 4. The highest BCUT2D eigenvalue weighted by Crippen LogP contribution is 2.35. The van der Waals surface area contributed by atoms with Gasteiger partial charge in [0.25, 0.3) is 0 Å². The van der Waals surface area contributed by atoms with E-state index >= 15 is 0 Å². The fourth-order valence-corrected chi connectivity index (χ4v) is 15.5. The molecule has 11 aromatic rings. The number of amides is 2. The summed E-state index contributed by atoms with van der Waals surface area (Å²) in [6.07, 6.45) is 21.1. The van der Waals surface area contributed by atoms with Gasteiger partial charge in [-0.05, 0) is 236 Å². The summed E-state index contributed by atoms with van der Waals surface area (Å²) >= 11 is 17.4. The molecule has 32 nitrogen and oxygen atoms in total. The molecule has 3 aromatic carbocycles. The van der Waals surface area contributed by atoms with Crippen LogP contribution in [0.3, 0.4) is 0 Å². The Kier molecular flexibility index (Phi) is 48.3. The third kappa shape index (κ3) is 41.5. The summed E-state index contributed by atoms with van der Waals surface area (Å²) in [6, 6.07) is 35.8. The van der Waals surface area contributed by atoms with Crippen LogP contribution in [-0.2, 0) is 48.3 Å². The van der Waals surface area contributed by atoms with Crippen LogP contribution in [0.2, 0.25) is 15.7 Å². The Morgan fingerprint density at radius 2 is 0.818 bits per heavy atom. The second-order valence-electron chi connectivity index (χ2n) is 36.2. The lowest BCUT2D eigenvalue weighted by molar-refractivity contribution is -0.130. The van der Waals surface area contributed by atoms with E-state index in [-0.39, 0.29) is 72.9 Å². The number of aromatic nitrogens is 12. The van der Waals surface area contributed by atoms with Crippen LogP contribution in [0.25, 0.3) is 44.1 Å². The van der Waals surface area contributed by atoms with Crippen molar-refractivity contribution in [2.24, 2.45) is 11.5 Å². The predicted molar refractivity (Wildman–Crippen MR) is 551 cm³/mol. The highest BCUT2D eigenvalue weighted by molar-refractivity contribution is 6.35. The molecular weight excluding hydrogens is 1800 g/mol. The van der Waals surface area contributed by atoms with Gasteiger partial charge < -0.3 is 91.5 Å². The van der Waals surface area contributed by atoms with Crippen molar-refractivity contribution in [2.75, 3.05) is 62.0 Å². The normalized spacial score (nSPS) is 13.0. The van der Waals surface area contributed by atoms with Crippen molar-refractivity contribution < 1.29 is 52.5 Å². The number of ketones is 4. The number of halogens is 3. The highest BCUT2D eigenvalue weighted by Gasteiger charge is 2.33. The van der Waals surface area contributed by atoms with Crippen molar-refractivity contribution in [1.82, 2.24) is 70.0 Å². The highest BCUT2D eigenvalue weighted by atomic mass is 35.5. The first-order valence-electron chi connectivity index (χ1n) is 46.4. The van der Waals surface area contributed by atoms with Gasteiger partial charge in [-0.15, -0.1) is 0 Å². The smallest absolute Gasteiger partial charge is 0.408 e. The first-order valence-corrected chi connectivity index (χ1v) is 47.5. The molecule has 0 radical (unpaired) electrons. The maximum Gasteiger partial charge on any atom is 0.408 e. The molecule has 0 saturated heterocycles. The lowest BCUT2D eigenvalue weighted by Gasteiger charge is -2.36. The quantitative estimate of drug-likeness (QED) is 0.0130. The third-order valence-electron chi connectivity index (χ3n) is 21.8. The van der Waals surface area contributed by atoms with E-state index in [1.165, 1.54) is 0 Å². The van der Waals surface area contributed by atoms with Gasteiger partial charge in [0.2, 0.25) is 28.4 Å². The van der Waals surface area contributed by atoms with Crippen LogP contribution >= 0.6 is 34.8 Å². The minimum Gasteiger partial charge on any atom is -0.497 e. The van der Waals surface area contributed by atoms with Gasteiger partial charge in [0.1, 0.15) is 73.8 Å². The van der Waals surface area contributed by atoms with Gasteiger partial charge in [-0.2, -0.15) is 15.0 Å². The van der Waals surface area contributed by atoms with Gasteiger partial charge in [0.05, 0.1) is 56.0 Å². The van der Waals surface area contributed by atoms with Crippen molar-refractivity contribution in [2.45, 2.75) is 293 Å². The SMILES string of the molecule is CCC[C@@](C)(N)CCC(C)=O.CCC[C@](C)(CCC(C)=O)Nc1nc(Cl)nc2cccnc12.CCC[C@](C)(CCC(C)=O)Nc1nc(N)nc2cccnc12.CCC[C@](C)(CCC(C)=O)Nc1nc(NCc2ccc(OC)cc2OC)nc2cccnc12.CCC[C@](C)(CN(Cc1ccccc1)C(C)=O)NC(=O)OC(C)(C)C.COc1ccc(CN)c(OC)c1.Clc1nc(Cl)c2ncccc2n1. The Hall–Kier alpha value is -12.0. The zero-order chi connectivity index (χ0) is 102. The first-order chi connectivity index (χ1) is 64.8. The molecule has 0 bridgehead atoms. The molecule has 11 rings (SSSR count). The number of pyridine rings is 4. The van der Waals surface area contributed by atoms with Gasteiger partial charge in [-0.3, -0.25) is 24.7 Å². The van der Waals surface area contributed by atoms with Crippen LogP contribution in [0.1, 0.15) is 257 Å².